The molecule has 5 nitrogen and oxygen atoms in total. The molecule has 0 aromatic carbocycles. The number of rotatable bonds is 42. The molecule has 5 heteroatoms. The van der Waals surface area contributed by atoms with Crippen LogP contribution in [0.4, 0.5) is 0 Å². The quantitative estimate of drug-likeness (QED) is 0.0475. The summed E-state index contributed by atoms with van der Waals surface area (Å²) >= 11 is 0. The average Bonchev–Trinajstić information content (AvgIpc) is 3.12. The molecule has 3 atom stereocenters. The van der Waals surface area contributed by atoms with E-state index in [9.17, 15) is 20.1 Å². The summed E-state index contributed by atoms with van der Waals surface area (Å²) in [5, 5.41) is 33.3. The summed E-state index contributed by atoms with van der Waals surface area (Å²) in [6.07, 6.45) is 46.8. The Morgan fingerprint density at radius 3 is 0.900 bits per heavy atom. The molecule has 0 saturated carbocycles. The van der Waals surface area contributed by atoms with Gasteiger partial charge in [-0.3, -0.25) is 4.79 Å². The van der Waals surface area contributed by atoms with Crippen molar-refractivity contribution in [3.63, 3.8) is 0 Å². The third kappa shape index (κ3) is 35.7. The molecule has 0 saturated heterocycles. The minimum Gasteiger partial charge on any atom is -0.394 e. The second kappa shape index (κ2) is 41.1. The molecule has 300 valence electrons. The molecule has 1 amide bonds. The lowest BCUT2D eigenvalue weighted by Crippen LogP contribution is -2.49. The first-order valence-electron chi connectivity index (χ1n) is 22.8. The van der Waals surface area contributed by atoms with E-state index in [0.29, 0.717) is 12.8 Å². The van der Waals surface area contributed by atoms with Crippen LogP contribution in [0.5, 0.6) is 0 Å². The summed E-state index contributed by atoms with van der Waals surface area (Å²) < 4.78 is 0. The van der Waals surface area contributed by atoms with E-state index in [0.717, 1.165) is 32.1 Å². The molecule has 0 aliphatic carbocycles. The summed E-state index contributed by atoms with van der Waals surface area (Å²) in [6, 6.07) is -0.705. The number of carbonyl (C=O) groups is 1. The number of hydrogen-bond acceptors (Lipinski definition) is 4. The van der Waals surface area contributed by atoms with E-state index >= 15 is 0 Å². The molecule has 0 aromatic rings. The molecule has 0 aromatic heterocycles. The van der Waals surface area contributed by atoms with E-state index < -0.39 is 24.2 Å². The van der Waals surface area contributed by atoms with Gasteiger partial charge in [0.05, 0.1) is 18.8 Å². The fourth-order valence-corrected chi connectivity index (χ4v) is 7.37. The van der Waals surface area contributed by atoms with Crippen LogP contribution in [0.2, 0.25) is 0 Å². The molecular weight excluding hydrogens is 618 g/mol. The third-order valence-corrected chi connectivity index (χ3v) is 11.0. The lowest BCUT2D eigenvalue weighted by Gasteiger charge is -2.23. The molecule has 4 N–H and O–H groups in total. The van der Waals surface area contributed by atoms with Gasteiger partial charge in [0.1, 0.15) is 6.10 Å². The van der Waals surface area contributed by atoms with Crippen molar-refractivity contribution in [2.24, 2.45) is 0 Å². The topological polar surface area (TPSA) is 89.8 Å². The van der Waals surface area contributed by atoms with Gasteiger partial charge in [-0.25, -0.2) is 0 Å². The van der Waals surface area contributed by atoms with Crippen molar-refractivity contribution >= 4 is 5.91 Å². The van der Waals surface area contributed by atoms with E-state index in [1.807, 2.05) is 0 Å². The van der Waals surface area contributed by atoms with Gasteiger partial charge in [0.25, 0.3) is 0 Å². The summed E-state index contributed by atoms with van der Waals surface area (Å²) in [6.45, 7) is 4.25. The zero-order chi connectivity index (χ0) is 36.6. The minimum atomic E-state index is -1.07. The van der Waals surface area contributed by atoms with E-state index in [1.54, 1.807) is 0 Å². The lowest BCUT2D eigenvalue weighted by atomic mass is 10.0. The molecule has 50 heavy (non-hydrogen) atoms. The van der Waals surface area contributed by atoms with Gasteiger partial charge in [-0.2, -0.15) is 0 Å². The number of unbranched alkanes of at least 4 members (excludes halogenated alkanes) is 34. The predicted molar refractivity (Wildman–Crippen MR) is 218 cm³/mol. The number of carbonyl (C=O) groups excluding carboxylic acids is 1. The van der Waals surface area contributed by atoms with Gasteiger partial charge in [-0.1, -0.05) is 245 Å². The molecule has 3 unspecified atom stereocenters. The molecular formula is C45H91NO4. The highest BCUT2D eigenvalue weighted by Crippen LogP contribution is 2.17. The van der Waals surface area contributed by atoms with Crippen molar-refractivity contribution in [3.05, 3.63) is 0 Å². The Morgan fingerprint density at radius 1 is 0.400 bits per heavy atom. The zero-order valence-electron chi connectivity index (χ0n) is 34.1. The van der Waals surface area contributed by atoms with Gasteiger partial charge in [-0.05, 0) is 12.8 Å². The van der Waals surface area contributed by atoms with Crippen LogP contribution >= 0.6 is 0 Å². The van der Waals surface area contributed by atoms with Crippen molar-refractivity contribution in [2.75, 3.05) is 6.61 Å². The lowest BCUT2D eigenvalue weighted by molar-refractivity contribution is -0.131. The van der Waals surface area contributed by atoms with Crippen LogP contribution in [0.15, 0.2) is 0 Å². The minimum absolute atomic E-state index is 0.308. The second-order valence-corrected chi connectivity index (χ2v) is 16.0. The van der Waals surface area contributed by atoms with Crippen LogP contribution in [-0.4, -0.2) is 46.1 Å². The highest BCUT2D eigenvalue weighted by Gasteiger charge is 2.23. The maximum atomic E-state index is 12.5. The van der Waals surface area contributed by atoms with E-state index in [-0.39, 0.29) is 6.61 Å². The van der Waals surface area contributed by atoms with Gasteiger partial charge < -0.3 is 20.6 Å². The highest BCUT2D eigenvalue weighted by molar-refractivity contribution is 5.80. The van der Waals surface area contributed by atoms with Crippen molar-refractivity contribution in [2.45, 2.75) is 276 Å². The Morgan fingerprint density at radius 2 is 0.640 bits per heavy atom. The third-order valence-electron chi connectivity index (χ3n) is 11.0. The van der Waals surface area contributed by atoms with Crippen molar-refractivity contribution < 1.29 is 20.1 Å². The number of aliphatic hydroxyl groups is 3. The van der Waals surface area contributed by atoms with Gasteiger partial charge in [-0.15, -0.1) is 0 Å². The monoisotopic (exact) mass is 710 g/mol. The normalized spacial score (nSPS) is 13.5. The van der Waals surface area contributed by atoms with Crippen LogP contribution in [0.1, 0.15) is 258 Å². The van der Waals surface area contributed by atoms with Gasteiger partial charge in [0.15, 0.2) is 0 Å². The molecule has 0 heterocycles. The first-order valence-corrected chi connectivity index (χ1v) is 22.8. The second-order valence-electron chi connectivity index (χ2n) is 16.0. The zero-order valence-corrected chi connectivity index (χ0v) is 34.1. The molecule has 0 aliphatic rings. The van der Waals surface area contributed by atoms with Crippen LogP contribution < -0.4 is 5.32 Å². The van der Waals surface area contributed by atoms with Crippen LogP contribution in [0.3, 0.4) is 0 Å². The van der Waals surface area contributed by atoms with Gasteiger partial charge in [0.2, 0.25) is 5.91 Å². The predicted octanol–water partition coefficient (Wildman–Crippen LogP) is 13.0. The van der Waals surface area contributed by atoms with Crippen LogP contribution in [-0.2, 0) is 4.79 Å². The number of hydrogen-bond donors (Lipinski definition) is 4. The Balaban J connectivity index is 3.54. The standard InChI is InChI=1S/C45H91NO4/c1-3-5-7-9-11-13-15-17-18-19-20-21-22-23-24-25-26-28-29-31-33-35-37-39-43(48)42(41-47)46-45(50)44(49)40-38-36-34-32-30-27-16-14-12-10-8-6-4-2/h42-44,47-49H,3-41H2,1-2H3,(H,46,50). The first-order chi connectivity index (χ1) is 24.6. The highest BCUT2D eigenvalue weighted by atomic mass is 16.3. The number of aliphatic hydroxyl groups excluding tert-OH is 3. The SMILES string of the molecule is CCCCCCCCCCCCCCCCCCCCCCCCCC(O)C(CO)NC(=O)C(O)CCCCCCCCCCCCCCC. The molecule has 0 radical (unpaired) electrons. The molecule has 0 rings (SSSR count). The Kier molecular flexibility index (Phi) is 40.6. The van der Waals surface area contributed by atoms with Gasteiger partial charge in [0, 0.05) is 0 Å². The van der Waals surface area contributed by atoms with Crippen LogP contribution in [0, 0.1) is 0 Å². The summed E-state index contributed by atoms with van der Waals surface area (Å²) in [5.74, 6) is -0.466. The number of nitrogens with one attached hydrogen (secondary N) is 1. The Hall–Kier alpha value is -0.650. The fraction of sp³-hybridized carbons (Fsp3) is 0.978. The van der Waals surface area contributed by atoms with E-state index in [4.69, 9.17) is 0 Å². The van der Waals surface area contributed by atoms with Crippen molar-refractivity contribution in [1.29, 1.82) is 0 Å². The van der Waals surface area contributed by atoms with Crippen LogP contribution in [0.25, 0.3) is 0 Å². The smallest absolute Gasteiger partial charge is 0.249 e. The molecule has 0 aliphatic heterocycles. The van der Waals surface area contributed by atoms with Crippen molar-refractivity contribution in [3.8, 4) is 0 Å². The number of amides is 1. The van der Waals surface area contributed by atoms with Gasteiger partial charge >= 0.3 is 0 Å². The molecule has 0 bridgehead atoms. The average molecular weight is 710 g/mol. The summed E-state index contributed by atoms with van der Waals surface area (Å²) in [7, 11) is 0. The largest absolute Gasteiger partial charge is 0.394 e. The maximum absolute atomic E-state index is 12.5. The molecule has 0 spiro atoms. The maximum Gasteiger partial charge on any atom is 0.249 e. The van der Waals surface area contributed by atoms with E-state index in [2.05, 4.69) is 19.2 Å². The molecule has 0 fully saturated rings. The first kappa shape index (κ1) is 49.4. The fourth-order valence-electron chi connectivity index (χ4n) is 7.37. The summed E-state index contributed by atoms with van der Waals surface area (Å²) in [5.41, 5.74) is 0. The Labute approximate surface area is 313 Å². The Bertz CT molecular complexity index is 659. The summed E-state index contributed by atoms with van der Waals surface area (Å²) in [4.78, 5) is 12.5. The van der Waals surface area contributed by atoms with E-state index in [1.165, 1.54) is 199 Å². The van der Waals surface area contributed by atoms with Crippen molar-refractivity contribution in [1.82, 2.24) is 5.32 Å².